The van der Waals surface area contributed by atoms with Crippen molar-refractivity contribution in [1.82, 2.24) is 0 Å². The molecule has 0 amide bonds. The summed E-state index contributed by atoms with van der Waals surface area (Å²) in [4.78, 5) is 10.7. The molecule has 4 nitrogen and oxygen atoms in total. The molecule has 1 aromatic carbocycles. The molecule has 1 unspecified atom stereocenters. The van der Waals surface area contributed by atoms with Gasteiger partial charge < -0.3 is 10.4 Å². The van der Waals surface area contributed by atoms with Crippen molar-refractivity contribution in [2.75, 3.05) is 11.9 Å². The van der Waals surface area contributed by atoms with Crippen LogP contribution in [0.4, 0.5) is 5.69 Å². The zero-order valence-electron chi connectivity index (χ0n) is 10.7. The molecule has 1 aromatic rings. The maximum Gasteiger partial charge on any atom is 0.303 e. The summed E-state index contributed by atoms with van der Waals surface area (Å²) in [7, 11) is 0. The highest BCUT2D eigenvalue weighted by molar-refractivity contribution is 5.67. The molecule has 0 spiro atoms. The first kappa shape index (κ1) is 14.0. The van der Waals surface area contributed by atoms with Crippen molar-refractivity contribution in [1.29, 1.82) is 5.26 Å². The first-order valence-corrected chi connectivity index (χ1v) is 6.03. The van der Waals surface area contributed by atoms with E-state index in [1.54, 1.807) is 6.07 Å². The van der Waals surface area contributed by atoms with Gasteiger partial charge in [-0.3, -0.25) is 4.79 Å². The molecule has 0 saturated heterocycles. The van der Waals surface area contributed by atoms with E-state index < -0.39 is 5.97 Å². The minimum absolute atomic E-state index is 0.0775. The summed E-state index contributed by atoms with van der Waals surface area (Å²) < 4.78 is 0. The zero-order valence-corrected chi connectivity index (χ0v) is 10.7. The van der Waals surface area contributed by atoms with Gasteiger partial charge in [-0.2, -0.15) is 5.26 Å². The normalized spacial score (nSPS) is 11.6. The van der Waals surface area contributed by atoms with E-state index in [1.807, 2.05) is 26.0 Å². The fraction of sp³-hybridized carbons (Fsp3) is 0.429. The van der Waals surface area contributed by atoms with Gasteiger partial charge in [0.25, 0.3) is 0 Å². The zero-order chi connectivity index (χ0) is 13.5. The lowest BCUT2D eigenvalue weighted by Gasteiger charge is -2.16. The molecule has 1 rings (SSSR count). The summed E-state index contributed by atoms with van der Waals surface area (Å²) >= 11 is 0. The average Bonchev–Trinajstić information content (AvgIpc) is 2.34. The van der Waals surface area contributed by atoms with Gasteiger partial charge in [0, 0.05) is 13.0 Å². The van der Waals surface area contributed by atoms with E-state index in [0.29, 0.717) is 12.1 Å². The number of nitriles is 1. The second-order valence-corrected chi connectivity index (χ2v) is 4.36. The first-order valence-electron chi connectivity index (χ1n) is 6.03. The first-order chi connectivity index (χ1) is 8.58. The standard InChI is InChI=1S/C14H18N2O2/c1-3-11(7-13(17)18)9-16-14-10(2)5-4-6-12(14)8-15/h4-6,11,16H,3,7,9H2,1-2H3,(H,17,18). The summed E-state index contributed by atoms with van der Waals surface area (Å²) in [6.07, 6.45) is 0.949. The Morgan fingerprint density at radius 2 is 2.28 bits per heavy atom. The molecule has 0 fully saturated rings. The highest BCUT2D eigenvalue weighted by Crippen LogP contribution is 2.21. The molecule has 4 heteroatoms. The van der Waals surface area contributed by atoms with Gasteiger partial charge in [0.1, 0.15) is 6.07 Å². The Balaban J connectivity index is 2.73. The predicted octanol–water partition coefficient (Wildman–Crippen LogP) is 2.78. The largest absolute Gasteiger partial charge is 0.481 e. The number of carboxylic acids is 1. The fourth-order valence-electron chi connectivity index (χ4n) is 1.85. The summed E-state index contributed by atoms with van der Waals surface area (Å²) in [6, 6.07) is 7.67. The predicted molar refractivity (Wildman–Crippen MR) is 70.4 cm³/mol. The quantitative estimate of drug-likeness (QED) is 0.809. The van der Waals surface area contributed by atoms with Crippen molar-refractivity contribution in [2.24, 2.45) is 5.92 Å². The lowest BCUT2D eigenvalue weighted by atomic mass is 10.0. The van der Waals surface area contributed by atoms with Crippen molar-refractivity contribution in [2.45, 2.75) is 26.7 Å². The molecule has 1 atom stereocenters. The SMILES string of the molecule is CCC(CNc1c(C)cccc1C#N)CC(=O)O. The molecular weight excluding hydrogens is 228 g/mol. The number of aliphatic carboxylic acids is 1. The number of aryl methyl sites for hydroxylation is 1. The third-order valence-electron chi connectivity index (χ3n) is 3.00. The maximum atomic E-state index is 10.7. The number of anilines is 1. The molecule has 0 saturated carbocycles. The van der Waals surface area contributed by atoms with E-state index in [0.717, 1.165) is 17.7 Å². The Bertz CT molecular complexity index is 463. The number of hydrogen-bond acceptors (Lipinski definition) is 3. The smallest absolute Gasteiger partial charge is 0.303 e. The summed E-state index contributed by atoms with van der Waals surface area (Å²) in [5.41, 5.74) is 2.41. The van der Waals surface area contributed by atoms with Crippen LogP contribution in [0.1, 0.15) is 30.9 Å². The Labute approximate surface area is 107 Å². The molecule has 0 aliphatic carbocycles. The van der Waals surface area contributed by atoms with E-state index in [2.05, 4.69) is 11.4 Å². The number of hydrogen-bond donors (Lipinski definition) is 2. The summed E-state index contributed by atoms with van der Waals surface area (Å²) in [6.45, 7) is 4.47. The molecule has 0 aliphatic heterocycles. The molecule has 2 N–H and O–H groups in total. The molecule has 96 valence electrons. The summed E-state index contributed by atoms with van der Waals surface area (Å²) in [5.74, 6) is -0.706. The number of para-hydroxylation sites is 1. The van der Waals surface area contributed by atoms with Gasteiger partial charge in [0.15, 0.2) is 0 Å². The molecule has 0 radical (unpaired) electrons. The van der Waals surface area contributed by atoms with Crippen LogP contribution in [0.25, 0.3) is 0 Å². The van der Waals surface area contributed by atoms with E-state index in [4.69, 9.17) is 10.4 Å². The third kappa shape index (κ3) is 3.77. The Morgan fingerprint density at radius 3 is 2.83 bits per heavy atom. The van der Waals surface area contributed by atoms with Crippen LogP contribution >= 0.6 is 0 Å². The van der Waals surface area contributed by atoms with Crippen LogP contribution in [0.5, 0.6) is 0 Å². The van der Waals surface area contributed by atoms with E-state index in [1.165, 1.54) is 0 Å². The van der Waals surface area contributed by atoms with Crippen LogP contribution in [0, 0.1) is 24.2 Å². The van der Waals surface area contributed by atoms with Crippen LogP contribution in [0.15, 0.2) is 18.2 Å². The van der Waals surface area contributed by atoms with Gasteiger partial charge >= 0.3 is 5.97 Å². The van der Waals surface area contributed by atoms with Crippen LogP contribution in [-0.4, -0.2) is 17.6 Å². The number of nitrogens with zero attached hydrogens (tertiary/aromatic N) is 1. The van der Waals surface area contributed by atoms with Gasteiger partial charge in [-0.15, -0.1) is 0 Å². The molecular formula is C14H18N2O2. The van der Waals surface area contributed by atoms with Crippen molar-refractivity contribution < 1.29 is 9.90 Å². The van der Waals surface area contributed by atoms with Crippen LogP contribution < -0.4 is 5.32 Å². The number of benzene rings is 1. The molecule has 0 bridgehead atoms. The van der Waals surface area contributed by atoms with E-state index in [9.17, 15) is 4.79 Å². The van der Waals surface area contributed by atoms with Crippen molar-refractivity contribution in [3.63, 3.8) is 0 Å². The second kappa shape index (κ2) is 6.65. The Kier molecular flexibility index (Phi) is 5.19. The number of nitrogens with one attached hydrogen (secondary N) is 1. The lowest BCUT2D eigenvalue weighted by molar-refractivity contribution is -0.138. The molecule has 0 aliphatic rings. The molecule has 18 heavy (non-hydrogen) atoms. The molecule has 0 aromatic heterocycles. The average molecular weight is 246 g/mol. The summed E-state index contributed by atoms with van der Waals surface area (Å²) in [5, 5.41) is 21.0. The fourth-order valence-corrected chi connectivity index (χ4v) is 1.85. The number of rotatable bonds is 6. The highest BCUT2D eigenvalue weighted by atomic mass is 16.4. The van der Waals surface area contributed by atoms with Crippen LogP contribution in [0.2, 0.25) is 0 Å². The minimum Gasteiger partial charge on any atom is -0.481 e. The monoisotopic (exact) mass is 246 g/mol. The second-order valence-electron chi connectivity index (χ2n) is 4.36. The van der Waals surface area contributed by atoms with Gasteiger partial charge in [-0.25, -0.2) is 0 Å². The lowest BCUT2D eigenvalue weighted by Crippen LogP contribution is -2.18. The minimum atomic E-state index is -0.783. The topological polar surface area (TPSA) is 73.1 Å². The van der Waals surface area contributed by atoms with Crippen molar-refractivity contribution in [3.05, 3.63) is 29.3 Å². The van der Waals surface area contributed by atoms with E-state index >= 15 is 0 Å². The van der Waals surface area contributed by atoms with Crippen molar-refractivity contribution in [3.8, 4) is 6.07 Å². The Hall–Kier alpha value is -2.02. The third-order valence-corrected chi connectivity index (χ3v) is 3.00. The maximum absolute atomic E-state index is 10.7. The van der Waals surface area contributed by atoms with Gasteiger partial charge in [-0.05, 0) is 24.5 Å². The number of carboxylic acid groups (broad SMARTS) is 1. The highest BCUT2D eigenvalue weighted by Gasteiger charge is 2.12. The van der Waals surface area contributed by atoms with E-state index in [-0.39, 0.29) is 12.3 Å². The van der Waals surface area contributed by atoms with Gasteiger partial charge in [-0.1, -0.05) is 25.5 Å². The molecule has 0 heterocycles. The van der Waals surface area contributed by atoms with Crippen LogP contribution in [-0.2, 0) is 4.79 Å². The van der Waals surface area contributed by atoms with Crippen molar-refractivity contribution >= 4 is 11.7 Å². The van der Waals surface area contributed by atoms with Gasteiger partial charge in [0.2, 0.25) is 0 Å². The van der Waals surface area contributed by atoms with Gasteiger partial charge in [0.05, 0.1) is 11.3 Å². The van der Waals surface area contributed by atoms with Crippen LogP contribution in [0.3, 0.4) is 0 Å². The number of carbonyl (C=O) groups is 1. The Morgan fingerprint density at radius 1 is 1.56 bits per heavy atom.